The maximum absolute atomic E-state index is 5.11. The van der Waals surface area contributed by atoms with E-state index in [4.69, 9.17) is 4.74 Å². The predicted octanol–water partition coefficient (Wildman–Crippen LogP) is 1.96. The van der Waals surface area contributed by atoms with Crippen molar-refractivity contribution in [3.63, 3.8) is 0 Å². The smallest absolute Gasteiger partial charge is 0.211 e. The molecule has 0 bridgehead atoms. The average Bonchev–Trinajstić information content (AvgIpc) is 2.69. The van der Waals surface area contributed by atoms with Crippen molar-refractivity contribution >= 4 is 27.4 Å². The molecule has 0 spiro atoms. The number of imidazole rings is 1. The second-order valence-electron chi connectivity index (χ2n) is 3.61. The van der Waals surface area contributed by atoms with Gasteiger partial charge in [-0.1, -0.05) is 0 Å². The minimum Gasteiger partial charge on any atom is -0.383 e. The summed E-state index contributed by atoms with van der Waals surface area (Å²) in [7, 11) is 1.71. The summed E-state index contributed by atoms with van der Waals surface area (Å²) in [6.45, 7) is 4.50. The fourth-order valence-electron chi connectivity index (χ4n) is 1.71. The molecule has 0 aliphatic rings. The molecule has 0 unspecified atom stereocenters. The Morgan fingerprint density at radius 2 is 2.35 bits per heavy atom. The quantitative estimate of drug-likeness (QED) is 0.846. The first-order chi connectivity index (χ1) is 8.27. The van der Waals surface area contributed by atoms with Crippen LogP contribution in [0.3, 0.4) is 0 Å². The lowest BCUT2D eigenvalue weighted by molar-refractivity contribution is 0.205. The van der Waals surface area contributed by atoms with Crippen LogP contribution >= 0.6 is 15.9 Å². The molecule has 0 aliphatic carbocycles. The number of rotatable bonds is 5. The van der Waals surface area contributed by atoms with Gasteiger partial charge in [-0.25, -0.2) is 4.98 Å². The Labute approximate surface area is 109 Å². The van der Waals surface area contributed by atoms with Gasteiger partial charge in [0.05, 0.1) is 18.3 Å². The maximum Gasteiger partial charge on any atom is 0.211 e. The number of hydrogen-bond acceptors (Lipinski definition) is 4. The SMILES string of the molecule is CCN(CCOC)c1nc(Br)c2cnccn12. The summed E-state index contributed by atoms with van der Waals surface area (Å²) in [5, 5.41) is 0. The van der Waals surface area contributed by atoms with E-state index in [1.54, 1.807) is 19.5 Å². The molecule has 2 aromatic heterocycles. The van der Waals surface area contributed by atoms with Crippen LogP contribution in [0.25, 0.3) is 5.52 Å². The monoisotopic (exact) mass is 298 g/mol. The number of methoxy groups -OCH3 is 1. The van der Waals surface area contributed by atoms with Crippen molar-refractivity contribution in [2.75, 3.05) is 31.7 Å². The molecule has 0 radical (unpaired) electrons. The van der Waals surface area contributed by atoms with Gasteiger partial charge in [0.15, 0.2) is 0 Å². The van der Waals surface area contributed by atoms with Gasteiger partial charge in [0.1, 0.15) is 4.60 Å². The molecule has 0 fully saturated rings. The van der Waals surface area contributed by atoms with Crippen LogP contribution in [0.1, 0.15) is 6.92 Å². The zero-order chi connectivity index (χ0) is 12.3. The van der Waals surface area contributed by atoms with Crippen LogP contribution in [0.4, 0.5) is 5.95 Å². The van der Waals surface area contributed by atoms with Crippen molar-refractivity contribution in [1.29, 1.82) is 0 Å². The number of ether oxygens (including phenoxy) is 1. The summed E-state index contributed by atoms with van der Waals surface area (Å²) in [6.07, 6.45) is 5.47. The van der Waals surface area contributed by atoms with Gasteiger partial charge >= 0.3 is 0 Å². The van der Waals surface area contributed by atoms with Gasteiger partial charge in [0.25, 0.3) is 0 Å². The highest BCUT2D eigenvalue weighted by Gasteiger charge is 2.14. The third-order valence-corrected chi connectivity index (χ3v) is 3.20. The molecule has 2 heterocycles. The normalized spacial score (nSPS) is 11.0. The van der Waals surface area contributed by atoms with Gasteiger partial charge in [-0.05, 0) is 22.9 Å². The van der Waals surface area contributed by atoms with Crippen molar-refractivity contribution in [2.24, 2.45) is 0 Å². The summed E-state index contributed by atoms with van der Waals surface area (Å²) >= 11 is 3.45. The van der Waals surface area contributed by atoms with Crippen LogP contribution in [0.15, 0.2) is 23.2 Å². The van der Waals surface area contributed by atoms with Gasteiger partial charge in [0.2, 0.25) is 5.95 Å². The molecule has 2 rings (SSSR count). The van der Waals surface area contributed by atoms with Gasteiger partial charge < -0.3 is 9.64 Å². The van der Waals surface area contributed by atoms with Crippen LogP contribution in [0, 0.1) is 0 Å². The predicted molar refractivity (Wildman–Crippen MR) is 70.5 cm³/mol. The molecule has 6 heteroatoms. The number of fused-ring (bicyclic) bond motifs is 1. The number of halogens is 1. The van der Waals surface area contributed by atoms with Crippen LogP contribution in [-0.4, -0.2) is 41.2 Å². The van der Waals surface area contributed by atoms with E-state index in [9.17, 15) is 0 Å². The molecular formula is C11H15BrN4O. The van der Waals surface area contributed by atoms with Crippen LogP contribution in [-0.2, 0) is 4.74 Å². The van der Waals surface area contributed by atoms with Crippen LogP contribution in [0.2, 0.25) is 0 Å². The first-order valence-corrected chi connectivity index (χ1v) is 6.28. The first-order valence-electron chi connectivity index (χ1n) is 5.49. The van der Waals surface area contributed by atoms with Crippen molar-refractivity contribution in [3.05, 3.63) is 23.2 Å². The lowest BCUT2D eigenvalue weighted by Crippen LogP contribution is -2.28. The standard InChI is InChI=1S/C11H15BrN4O/c1-3-15(6-7-17-2)11-14-10(12)9-8-13-4-5-16(9)11/h4-5,8H,3,6-7H2,1-2H3. The highest BCUT2D eigenvalue weighted by molar-refractivity contribution is 9.10. The topological polar surface area (TPSA) is 42.7 Å². The summed E-state index contributed by atoms with van der Waals surface area (Å²) in [5.41, 5.74) is 0.971. The highest BCUT2D eigenvalue weighted by atomic mass is 79.9. The van der Waals surface area contributed by atoms with Crippen molar-refractivity contribution in [1.82, 2.24) is 14.4 Å². The molecule has 5 nitrogen and oxygen atoms in total. The molecule has 0 amide bonds. The molecule has 0 atom stereocenters. The van der Waals surface area contributed by atoms with E-state index in [0.29, 0.717) is 6.61 Å². The lowest BCUT2D eigenvalue weighted by Gasteiger charge is -2.20. The third-order valence-electron chi connectivity index (χ3n) is 2.61. The molecule has 17 heavy (non-hydrogen) atoms. The number of aromatic nitrogens is 3. The van der Waals surface area contributed by atoms with Gasteiger partial charge in [-0.3, -0.25) is 9.38 Å². The largest absolute Gasteiger partial charge is 0.383 e. The maximum atomic E-state index is 5.11. The third kappa shape index (κ3) is 2.42. The van der Waals surface area contributed by atoms with Crippen molar-refractivity contribution in [2.45, 2.75) is 6.92 Å². The zero-order valence-corrected chi connectivity index (χ0v) is 11.5. The first kappa shape index (κ1) is 12.3. The Morgan fingerprint density at radius 1 is 1.53 bits per heavy atom. The molecule has 92 valence electrons. The highest BCUT2D eigenvalue weighted by Crippen LogP contribution is 2.23. The van der Waals surface area contributed by atoms with E-state index in [1.807, 2.05) is 10.6 Å². The van der Waals surface area contributed by atoms with Crippen LogP contribution < -0.4 is 4.90 Å². The number of hydrogen-bond donors (Lipinski definition) is 0. The molecule has 2 aromatic rings. The molecule has 0 saturated heterocycles. The van der Waals surface area contributed by atoms with Gasteiger partial charge in [0, 0.05) is 32.6 Å². The summed E-state index contributed by atoms with van der Waals surface area (Å²) < 4.78 is 7.95. The molecular weight excluding hydrogens is 284 g/mol. The van der Waals surface area contributed by atoms with E-state index in [1.165, 1.54) is 0 Å². The zero-order valence-electron chi connectivity index (χ0n) is 9.93. The van der Waals surface area contributed by atoms with E-state index >= 15 is 0 Å². The molecule has 0 saturated carbocycles. The Bertz CT molecular complexity index is 499. The second kappa shape index (κ2) is 5.46. The fourth-order valence-corrected chi connectivity index (χ4v) is 2.16. The molecule has 0 N–H and O–H groups in total. The fraction of sp³-hybridized carbons (Fsp3) is 0.455. The van der Waals surface area contributed by atoms with E-state index < -0.39 is 0 Å². The van der Waals surface area contributed by atoms with Crippen LogP contribution in [0.5, 0.6) is 0 Å². The summed E-state index contributed by atoms with van der Waals surface area (Å²) in [6, 6.07) is 0. The van der Waals surface area contributed by atoms with Gasteiger partial charge in [-0.15, -0.1) is 0 Å². The average molecular weight is 299 g/mol. The van der Waals surface area contributed by atoms with E-state index in [2.05, 4.69) is 37.7 Å². The summed E-state index contributed by atoms with van der Waals surface area (Å²) in [4.78, 5) is 10.8. The Morgan fingerprint density at radius 3 is 3.06 bits per heavy atom. The lowest BCUT2D eigenvalue weighted by atomic mass is 10.5. The molecule has 0 aliphatic heterocycles. The Hall–Kier alpha value is -1.14. The summed E-state index contributed by atoms with van der Waals surface area (Å²) in [5.74, 6) is 0.911. The van der Waals surface area contributed by atoms with E-state index in [0.717, 1.165) is 29.2 Å². The minimum absolute atomic E-state index is 0.686. The Balaban J connectivity index is 2.39. The van der Waals surface area contributed by atoms with E-state index in [-0.39, 0.29) is 0 Å². The second-order valence-corrected chi connectivity index (χ2v) is 4.36. The molecule has 0 aromatic carbocycles. The van der Waals surface area contributed by atoms with Crippen molar-refractivity contribution < 1.29 is 4.74 Å². The minimum atomic E-state index is 0.686. The Kier molecular flexibility index (Phi) is 3.96. The number of anilines is 1. The van der Waals surface area contributed by atoms with Crippen molar-refractivity contribution in [3.8, 4) is 0 Å². The number of likely N-dealkylation sites (N-methyl/N-ethyl adjacent to an activating group) is 1. The van der Waals surface area contributed by atoms with Gasteiger partial charge in [-0.2, -0.15) is 0 Å². The number of nitrogens with zero attached hydrogens (tertiary/aromatic N) is 4.